The number of amides is 2. The average molecular weight is 336 g/mol. The summed E-state index contributed by atoms with van der Waals surface area (Å²) in [4.78, 5) is 11.9. The van der Waals surface area contributed by atoms with Crippen molar-refractivity contribution in [3.63, 3.8) is 0 Å². The van der Waals surface area contributed by atoms with E-state index in [1.54, 1.807) is 6.92 Å². The standard InChI is InChI=1S/C13H15F3N2O3S/c1-12(6-7-22(20,21)8-12)18-11(19)17-10-5-3-2-4-9(10)13(14,15)16/h2-5H,6-8H2,1H3,(H2,17,18,19)/t12-/m1/s1. The fourth-order valence-electron chi connectivity index (χ4n) is 2.38. The van der Waals surface area contributed by atoms with Crippen LogP contribution in [0, 0.1) is 0 Å². The first-order valence-corrected chi connectivity index (χ1v) is 8.29. The maximum atomic E-state index is 12.8. The molecule has 1 aromatic carbocycles. The Morgan fingerprint density at radius 3 is 2.45 bits per heavy atom. The Morgan fingerprint density at radius 1 is 1.27 bits per heavy atom. The van der Waals surface area contributed by atoms with Gasteiger partial charge in [-0.2, -0.15) is 13.2 Å². The summed E-state index contributed by atoms with van der Waals surface area (Å²) in [7, 11) is -3.23. The highest BCUT2D eigenvalue weighted by atomic mass is 32.2. The van der Waals surface area contributed by atoms with Crippen LogP contribution < -0.4 is 10.6 Å². The van der Waals surface area contributed by atoms with E-state index in [-0.39, 0.29) is 23.6 Å². The van der Waals surface area contributed by atoms with E-state index in [0.29, 0.717) is 0 Å². The minimum absolute atomic E-state index is 0.0527. The molecule has 1 aromatic rings. The van der Waals surface area contributed by atoms with Crippen molar-refractivity contribution in [1.82, 2.24) is 5.32 Å². The van der Waals surface area contributed by atoms with Gasteiger partial charge in [-0.15, -0.1) is 0 Å². The molecule has 22 heavy (non-hydrogen) atoms. The Kier molecular flexibility index (Phi) is 4.12. The van der Waals surface area contributed by atoms with Crippen molar-refractivity contribution >= 4 is 21.6 Å². The molecule has 122 valence electrons. The molecule has 1 fully saturated rings. The second-order valence-corrected chi connectivity index (χ2v) is 7.71. The van der Waals surface area contributed by atoms with Gasteiger partial charge in [0.2, 0.25) is 0 Å². The number of hydrogen-bond donors (Lipinski definition) is 2. The van der Waals surface area contributed by atoms with E-state index in [0.717, 1.165) is 12.1 Å². The summed E-state index contributed by atoms with van der Waals surface area (Å²) in [6.07, 6.45) is -4.37. The Bertz CT molecular complexity index is 688. The highest BCUT2D eigenvalue weighted by Crippen LogP contribution is 2.34. The molecular formula is C13H15F3N2O3S. The number of hydrogen-bond acceptors (Lipinski definition) is 3. The van der Waals surface area contributed by atoms with Crippen LogP contribution in [-0.2, 0) is 16.0 Å². The number of sulfone groups is 1. The first-order chi connectivity index (χ1) is 10.0. The van der Waals surface area contributed by atoms with Crippen LogP contribution in [0.4, 0.5) is 23.7 Å². The quantitative estimate of drug-likeness (QED) is 0.871. The van der Waals surface area contributed by atoms with Crippen LogP contribution in [0.2, 0.25) is 0 Å². The second kappa shape index (κ2) is 5.45. The molecule has 1 heterocycles. The van der Waals surface area contributed by atoms with Crippen LogP contribution in [0.1, 0.15) is 18.9 Å². The molecule has 2 amide bonds. The van der Waals surface area contributed by atoms with Gasteiger partial charge in [-0.25, -0.2) is 13.2 Å². The number of anilines is 1. The first-order valence-electron chi connectivity index (χ1n) is 6.47. The van der Waals surface area contributed by atoms with Gasteiger partial charge in [0, 0.05) is 0 Å². The van der Waals surface area contributed by atoms with E-state index < -0.39 is 33.1 Å². The number of benzene rings is 1. The summed E-state index contributed by atoms with van der Waals surface area (Å²) in [5.41, 5.74) is -2.32. The Balaban J connectivity index is 2.11. The first kappa shape index (κ1) is 16.6. The van der Waals surface area contributed by atoms with E-state index in [2.05, 4.69) is 10.6 Å². The molecule has 0 spiro atoms. The largest absolute Gasteiger partial charge is 0.418 e. The lowest BCUT2D eigenvalue weighted by atomic mass is 10.0. The fraction of sp³-hybridized carbons (Fsp3) is 0.462. The van der Waals surface area contributed by atoms with Crippen molar-refractivity contribution in [2.75, 3.05) is 16.8 Å². The Hall–Kier alpha value is -1.77. The lowest BCUT2D eigenvalue weighted by Gasteiger charge is -2.24. The zero-order chi connectivity index (χ0) is 16.6. The minimum Gasteiger partial charge on any atom is -0.332 e. The van der Waals surface area contributed by atoms with E-state index in [1.807, 2.05) is 0 Å². The van der Waals surface area contributed by atoms with E-state index in [4.69, 9.17) is 0 Å². The van der Waals surface area contributed by atoms with Crippen molar-refractivity contribution in [2.24, 2.45) is 0 Å². The number of carbonyl (C=O) groups excluding carboxylic acids is 1. The highest BCUT2D eigenvalue weighted by molar-refractivity contribution is 7.91. The number of alkyl halides is 3. The molecule has 1 aliphatic heterocycles. The van der Waals surface area contributed by atoms with E-state index in [1.165, 1.54) is 12.1 Å². The number of halogens is 3. The summed E-state index contributed by atoms with van der Waals surface area (Å²) in [6.45, 7) is 1.55. The molecule has 0 saturated carbocycles. The maximum Gasteiger partial charge on any atom is 0.418 e. The molecule has 5 nitrogen and oxygen atoms in total. The van der Waals surface area contributed by atoms with Gasteiger partial charge in [-0.1, -0.05) is 12.1 Å². The van der Waals surface area contributed by atoms with E-state index >= 15 is 0 Å². The van der Waals surface area contributed by atoms with Crippen LogP contribution in [0.5, 0.6) is 0 Å². The number of rotatable bonds is 2. The average Bonchev–Trinajstić information content (AvgIpc) is 2.62. The Labute approximate surface area is 125 Å². The number of carbonyl (C=O) groups is 1. The fourth-order valence-corrected chi connectivity index (χ4v) is 4.47. The van der Waals surface area contributed by atoms with Crippen molar-refractivity contribution in [1.29, 1.82) is 0 Å². The van der Waals surface area contributed by atoms with Crippen LogP contribution in [-0.4, -0.2) is 31.5 Å². The predicted molar refractivity (Wildman–Crippen MR) is 75.3 cm³/mol. The van der Waals surface area contributed by atoms with Gasteiger partial charge in [0.25, 0.3) is 0 Å². The van der Waals surface area contributed by atoms with Crippen molar-refractivity contribution < 1.29 is 26.4 Å². The van der Waals surface area contributed by atoms with Gasteiger partial charge in [0.1, 0.15) is 0 Å². The van der Waals surface area contributed by atoms with Crippen molar-refractivity contribution in [3.8, 4) is 0 Å². The molecule has 0 radical (unpaired) electrons. The lowest BCUT2D eigenvalue weighted by Crippen LogP contribution is -2.48. The molecule has 9 heteroatoms. The molecule has 0 unspecified atom stereocenters. The monoisotopic (exact) mass is 336 g/mol. The predicted octanol–water partition coefficient (Wildman–Crippen LogP) is 2.40. The van der Waals surface area contributed by atoms with Crippen LogP contribution in [0.25, 0.3) is 0 Å². The minimum atomic E-state index is -4.59. The normalized spacial score (nSPS) is 24.0. The summed E-state index contributed by atoms with van der Waals surface area (Å²) in [6, 6.07) is 3.72. The highest BCUT2D eigenvalue weighted by Gasteiger charge is 2.40. The second-order valence-electron chi connectivity index (χ2n) is 5.53. The molecule has 2 rings (SSSR count). The van der Waals surface area contributed by atoms with Crippen molar-refractivity contribution in [2.45, 2.75) is 25.1 Å². The summed E-state index contributed by atoms with van der Waals surface area (Å²) in [5, 5.41) is 4.57. The SMILES string of the molecule is C[C@@]1(NC(=O)Nc2ccccc2C(F)(F)F)CCS(=O)(=O)C1. The van der Waals surface area contributed by atoms with Gasteiger partial charge >= 0.3 is 12.2 Å². The smallest absolute Gasteiger partial charge is 0.332 e. The number of nitrogens with one attached hydrogen (secondary N) is 2. The topological polar surface area (TPSA) is 75.3 Å². The zero-order valence-corrected chi connectivity index (χ0v) is 12.5. The number of urea groups is 1. The molecule has 0 bridgehead atoms. The van der Waals surface area contributed by atoms with Crippen LogP contribution >= 0.6 is 0 Å². The van der Waals surface area contributed by atoms with Gasteiger partial charge in [0.05, 0.1) is 28.3 Å². The number of para-hydroxylation sites is 1. The molecule has 1 atom stereocenters. The van der Waals surface area contributed by atoms with Gasteiger partial charge in [-0.3, -0.25) is 0 Å². The van der Waals surface area contributed by atoms with Gasteiger partial charge < -0.3 is 10.6 Å². The summed E-state index contributed by atoms with van der Waals surface area (Å²) in [5.74, 6) is -0.281. The zero-order valence-electron chi connectivity index (χ0n) is 11.7. The summed E-state index contributed by atoms with van der Waals surface area (Å²) >= 11 is 0. The third kappa shape index (κ3) is 3.90. The van der Waals surface area contributed by atoms with Crippen LogP contribution in [0.3, 0.4) is 0 Å². The molecule has 1 saturated heterocycles. The third-order valence-corrected chi connectivity index (χ3v) is 5.30. The molecular weight excluding hydrogens is 321 g/mol. The van der Waals surface area contributed by atoms with Crippen molar-refractivity contribution in [3.05, 3.63) is 29.8 Å². The maximum absolute atomic E-state index is 12.8. The Morgan fingerprint density at radius 2 is 1.91 bits per heavy atom. The summed E-state index contributed by atoms with van der Waals surface area (Å²) < 4.78 is 61.4. The van der Waals surface area contributed by atoms with E-state index in [9.17, 15) is 26.4 Å². The molecule has 0 aromatic heterocycles. The molecule has 2 N–H and O–H groups in total. The molecule has 0 aliphatic carbocycles. The van der Waals surface area contributed by atoms with Gasteiger partial charge in [-0.05, 0) is 25.5 Å². The molecule has 1 aliphatic rings. The van der Waals surface area contributed by atoms with Crippen LogP contribution in [0.15, 0.2) is 24.3 Å². The lowest BCUT2D eigenvalue weighted by molar-refractivity contribution is -0.136. The van der Waals surface area contributed by atoms with Gasteiger partial charge in [0.15, 0.2) is 9.84 Å². The third-order valence-electron chi connectivity index (χ3n) is 3.40.